The number of aliphatic hydroxyl groups is 1. The number of aliphatic hydroxyl groups excluding tert-OH is 1. The molecule has 4 rings (SSSR count). The average Bonchev–Trinajstić information content (AvgIpc) is 3.10. The molecule has 6 nitrogen and oxygen atoms in total. The van der Waals surface area contributed by atoms with Crippen molar-refractivity contribution in [1.29, 1.82) is 0 Å². The first-order chi connectivity index (χ1) is 12.7. The average molecular weight is 354 g/mol. The second kappa shape index (κ2) is 7.33. The van der Waals surface area contributed by atoms with Gasteiger partial charge in [0.15, 0.2) is 11.5 Å². The summed E-state index contributed by atoms with van der Waals surface area (Å²) in [5, 5.41) is 12.7. The molecular weight excluding hydrogens is 332 g/mol. The quantitative estimate of drug-likeness (QED) is 0.832. The predicted octanol–water partition coefficient (Wildman–Crippen LogP) is 2.37. The fraction of sp³-hybridized carbons (Fsp3) is 0.400. The zero-order chi connectivity index (χ0) is 17.9. The van der Waals surface area contributed by atoms with Gasteiger partial charge in [-0.2, -0.15) is 0 Å². The molecule has 0 unspecified atom stereocenters. The van der Waals surface area contributed by atoms with E-state index in [1.54, 1.807) is 6.20 Å². The number of rotatable bonds is 6. The molecule has 1 amide bonds. The maximum atomic E-state index is 12.5. The van der Waals surface area contributed by atoms with Gasteiger partial charge in [-0.1, -0.05) is 12.1 Å². The number of aryl methyl sites for hydroxylation is 1. The molecule has 136 valence electrons. The second-order valence-electron chi connectivity index (χ2n) is 6.87. The van der Waals surface area contributed by atoms with Crippen molar-refractivity contribution in [2.24, 2.45) is 5.92 Å². The Morgan fingerprint density at radius 2 is 2.08 bits per heavy atom. The SMILES string of the molecule is O=C(CCc1ccc2c(c1)OCO2)N[C@@H](c1ccccn1)C1CC(O)C1. The Morgan fingerprint density at radius 3 is 2.85 bits per heavy atom. The minimum absolute atomic E-state index is 0.0142. The van der Waals surface area contributed by atoms with Gasteiger partial charge in [0.2, 0.25) is 12.7 Å². The van der Waals surface area contributed by atoms with Crippen molar-refractivity contribution < 1.29 is 19.4 Å². The Morgan fingerprint density at radius 1 is 1.23 bits per heavy atom. The van der Waals surface area contributed by atoms with Crippen LogP contribution in [0.3, 0.4) is 0 Å². The molecule has 2 aliphatic rings. The number of aromatic nitrogens is 1. The summed E-state index contributed by atoms with van der Waals surface area (Å²) in [4.78, 5) is 16.9. The second-order valence-corrected chi connectivity index (χ2v) is 6.87. The van der Waals surface area contributed by atoms with Crippen molar-refractivity contribution in [3.8, 4) is 11.5 Å². The highest BCUT2D eigenvalue weighted by Gasteiger charge is 2.36. The van der Waals surface area contributed by atoms with Crippen molar-refractivity contribution in [2.75, 3.05) is 6.79 Å². The first kappa shape index (κ1) is 16.8. The van der Waals surface area contributed by atoms with E-state index in [0.717, 1.165) is 22.8 Å². The zero-order valence-electron chi connectivity index (χ0n) is 14.4. The summed E-state index contributed by atoms with van der Waals surface area (Å²) in [5.41, 5.74) is 1.89. The fourth-order valence-electron chi connectivity index (χ4n) is 3.50. The number of carbonyl (C=O) groups is 1. The van der Waals surface area contributed by atoms with Crippen LogP contribution in [0.5, 0.6) is 11.5 Å². The zero-order valence-corrected chi connectivity index (χ0v) is 14.4. The topological polar surface area (TPSA) is 80.7 Å². The van der Waals surface area contributed by atoms with Crippen LogP contribution in [-0.2, 0) is 11.2 Å². The van der Waals surface area contributed by atoms with Gasteiger partial charge in [0.05, 0.1) is 17.8 Å². The van der Waals surface area contributed by atoms with Crippen molar-refractivity contribution in [3.05, 3.63) is 53.9 Å². The number of hydrogen-bond donors (Lipinski definition) is 2. The van der Waals surface area contributed by atoms with Crippen LogP contribution in [-0.4, -0.2) is 28.9 Å². The Kier molecular flexibility index (Phi) is 4.75. The Bertz CT molecular complexity index is 775. The lowest BCUT2D eigenvalue weighted by Crippen LogP contribution is -2.41. The number of pyridine rings is 1. The summed E-state index contributed by atoms with van der Waals surface area (Å²) >= 11 is 0. The number of nitrogens with zero attached hydrogens (tertiary/aromatic N) is 1. The van der Waals surface area contributed by atoms with Crippen molar-refractivity contribution in [2.45, 2.75) is 37.8 Å². The summed E-state index contributed by atoms with van der Waals surface area (Å²) in [7, 11) is 0. The summed E-state index contributed by atoms with van der Waals surface area (Å²) in [5.74, 6) is 1.70. The van der Waals surface area contributed by atoms with E-state index >= 15 is 0 Å². The molecular formula is C20H22N2O4. The molecule has 2 aromatic rings. The van der Waals surface area contributed by atoms with Crippen LogP contribution >= 0.6 is 0 Å². The fourth-order valence-corrected chi connectivity index (χ4v) is 3.50. The van der Waals surface area contributed by atoms with Gasteiger partial charge in [-0.15, -0.1) is 0 Å². The summed E-state index contributed by atoms with van der Waals surface area (Å²) in [6.45, 7) is 0.248. The molecule has 2 heterocycles. The first-order valence-electron chi connectivity index (χ1n) is 8.96. The van der Waals surface area contributed by atoms with E-state index in [1.165, 1.54) is 0 Å². The molecule has 1 aromatic heterocycles. The highest BCUT2D eigenvalue weighted by atomic mass is 16.7. The van der Waals surface area contributed by atoms with E-state index < -0.39 is 0 Å². The third-order valence-electron chi connectivity index (χ3n) is 5.02. The van der Waals surface area contributed by atoms with Crippen molar-refractivity contribution in [1.82, 2.24) is 10.3 Å². The van der Waals surface area contributed by atoms with Crippen LogP contribution in [0.1, 0.15) is 36.6 Å². The van der Waals surface area contributed by atoms with Crippen LogP contribution in [0, 0.1) is 5.92 Å². The lowest BCUT2D eigenvalue weighted by Gasteiger charge is -2.37. The minimum atomic E-state index is -0.267. The molecule has 0 bridgehead atoms. The molecule has 2 N–H and O–H groups in total. The number of fused-ring (bicyclic) bond motifs is 1. The lowest BCUT2D eigenvalue weighted by atomic mass is 9.76. The van der Waals surface area contributed by atoms with E-state index in [1.807, 2.05) is 36.4 Å². The lowest BCUT2D eigenvalue weighted by molar-refractivity contribution is -0.123. The van der Waals surface area contributed by atoms with E-state index in [2.05, 4.69) is 10.3 Å². The van der Waals surface area contributed by atoms with Crippen molar-refractivity contribution >= 4 is 5.91 Å². The molecule has 0 radical (unpaired) electrons. The molecule has 0 saturated heterocycles. The minimum Gasteiger partial charge on any atom is -0.454 e. The molecule has 1 aliphatic carbocycles. The molecule has 1 aromatic carbocycles. The summed E-state index contributed by atoms with van der Waals surface area (Å²) < 4.78 is 10.7. The number of carbonyl (C=O) groups excluding carboxylic acids is 1. The van der Waals surface area contributed by atoms with Gasteiger partial charge in [0, 0.05) is 12.6 Å². The summed E-state index contributed by atoms with van der Waals surface area (Å²) in [6.07, 6.45) is 3.88. The van der Waals surface area contributed by atoms with Gasteiger partial charge >= 0.3 is 0 Å². The summed E-state index contributed by atoms with van der Waals surface area (Å²) in [6, 6.07) is 11.3. The highest BCUT2D eigenvalue weighted by Crippen LogP contribution is 2.37. The van der Waals surface area contributed by atoms with Gasteiger partial charge in [0.25, 0.3) is 0 Å². The van der Waals surface area contributed by atoms with Gasteiger partial charge in [-0.25, -0.2) is 0 Å². The van der Waals surface area contributed by atoms with Gasteiger partial charge in [-0.3, -0.25) is 9.78 Å². The van der Waals surface area contributed by atoms with E-state index in [-0.39, 0.29) is 30.8 Å². The van der Waals surface area contributed by atoms with E-state index in [9.17, 15) is 9.90 Å². The van der Waals surface area contributed by atoms with Crippen molar-refractivity contribution in [3.63, 3.8) is 0 Å². The molecule has 0 spiro atoms. The Labute approximate surface area is 152 Å². The van der Waals surface area contributed by atoms with Gasteiger partial charge in [-0.05, 0) is 55.0 Å². The first-order valence-corrected chi connectivity index (χ1v) is 8.96. The van der Waals surface area contributed by atoms with Crippen LogP contribution in [0.15, 0.2) is 42.6 Å². The van der Waals surface area contributed by atoms with Crippen LogP contribution in [0.25, 0.3) is 0 Å². The molecule has 6 heteroatoms. The van der Waals surface area contributed by atoms with Gasteiger partial charge in [0.1, 0.15) is 0 Å². The van der Waals surface area contributed by atoms with Crippen LogP contribution in [0.4, 0.5) is 0 Å². The molecule has 1 fully saturated rings. The maximum Gasteiger partial charge on any atom is 0.231 e. The standard InChI is InChI=1S/C20H22N2O4/c23-15-10-14(11-15)20(16-3-1-2-8-21-16)22-19(24)7-5-13-4-6-17-18(9-13)26-12-25-17/h1-4,6,8-9,14-15,20,23H,5,7,10-12H2,(H,22,24)/t14?,15?,20-/m1/s1. The molecule has 26 heavy (non-hydrogen) atoms. The predicted molar refractivity (Wildman–Crippen MR) is 94.7 cm³/mol. The Hall–Kier alpha value is -2.60. The number of hydrogen-bond acceptors (Lipinski definition) is 5. The Balaban J connectivity index is 1.37. The maximum absolute atomic E-state index is 12.5. The smallest absolute Gasteiger partial charge is 0.231 e. The number of benzene rings is 1. The molecule has 1 aliphatic heterocycles. The third kappa shape index (κ3) is 3.65. The number of ether oxygens (including phenoxy) is 2. The van der Waals surface area contributed by atoms with Crippen LogP contribution in [0.2, 0.25) is 0 Å². The van der Waals surface area contributed by atoms with E-state index in [0.29, 0.717) is 25.7 Å². The third-order valence-corrected chi connectivity index (χ3v) is 5.02. The highest BCUT2D eigenvalue weighted by molar-refractivity contribution is 5.76. The number of nitrogens with one attached hydrogen (secondary N) is 1. The largest absolute Gasteiger partial charge is 0.454 e. The number of amides is 1. The normalized spacial score (nSPS) is 21.7. The van der Waals surface area contributed by atoms with Crippen LogP contribution < -0.4 is 14.8 Å². The van der Waals surface area contributed by atoms with Gasteiger partial charge < -0.3 is 19.9 Å². The molecule has 1 saturated carbocycles. The monoisotopic (exact) mass is 354 g/mol. The van der Waals surface area contributed by atoms with E-state index in [4.69, 9.17) is 9.47 Å². The molecule has 1 atom stereocenters.